The molecule has 0 heterocycles. The Kier molecular flexibility index (Phi) is 5.51. The highest BCUT2D eigenvalue weighted by atomic mass is 35.5. The molecule has 1 aromatic rings. The highest BCUT2D eigenvalue weighted by molar-refractivity contribution is 6.18. The van der Waals surface area contributed by atoms with E-state index in [1.807, 2.05) is 0 Å². The number of rotatable bonds is 4. The van der Waals surface area contributed by atoms with Gasteiger partial charge in [-0.15, -0.1) is 11.6 Å². The molecule has 2 rings (SSSR count). The van der Waals surface area contributed by atoms with Crippen molar-refractivity contribution in [3.8, 4) is 0 Å². The zero-order valence-corrected chi connectivity index (χ0v) is 12.3. The van der Waals surface area contributed by atoms with E-state index in [1.54, 1.807) is 0 Å². The van der Waals surface area contributed by atoms with Crippen LogP contribution in [0.4, 0.5) is 13.2 Å². The summed E-state index contributed by atoms with van der Waals surface area (Å²) in [5.41, 5.74) is -0.702. The van der Waals surface area contributed by atoms with E-state index in [2.05, 4.69) is 0 Å². The Labute approximate surface area is 126 Å². The monoisotopic (exact) mass is 319 g/mol. The minimum atomic E-state index is -1.17. The summed E-state index contributed by atoms with van der Waals surface area (Å²) in [6, 6.07) is 0.986. The Morgan fingerprint density at radius 3 is 2.24 bits per heavy atom. The largest absolute Gasteiger partial charge is 0.334 e. The lowest BCUT2D eigenvalue weighted by molar-refractivity contribution is 0.0639. The van der Waals surface area contributed by atoms with Crippen LogP contribution in [-0.2, 0) is 0 Å². The summed E-state index contributed by atoms with van der Waals surface area (Å²) in [6.07, 6.45) is 4.65. The van der Waals surface area contributed by atoms with Crippen molar-refractivity contribution in [2.45, 2.75) is 38.1 Å². The molecule has 0 spiro atoms. The molecule has 0 bridgehead atoms. The Morgan fingerprint density at radius 1 is 1.14 bits per heavy atom. The molecule has 0 aliphatic heterocycles. The van der Waals surface area contributed by atoms with E-state index in [0.717, 1.165) is 32.1 Å². The van der Waals surface area contributed by atoms with Crippen LogP contribution < -0.4 is 0 Å². The second-order valence-electron chi connectivity index (χ2n) is 5.22. The van der Waals surface area contributed by atoms with Crippen molar-refractivity contribution in [3.63, 3.8) is 0 Å². The first-order chi connectivity index (χ1) is 10.0. The Balaban J connectivity index is 2.29. The highest BCUT2D eigenvalue weighted by Gasteiger charge is 2.29. The molecule has 0 atom stereocenters. The molecule has 1 aliphatic carbocycles. The molecular weight excluding hydrogens is 303 g/mol. The Morgan fingerprint density at radius 2 is 1.71 bits per heavy atom. The van der Waals surface area contributed by atoms with Crippen molar-refractivity contribution in [2.24, 2.45) is 0 Å². The number of hydrogen-bond donors (Lipinski definition) is 0. The molecule has 1 saturated carbocycles. The topological polar surface area (TPSA) is 20.3 Å². The summed E-state index contributed by atoms with van der Waals surface area (Å²) in [5, 5.41) is 0. The van der Waals surface area contributed by atoms with Crippen molar-refractivity contribution in [2.75, 3.05) is 12.4 Å². The smallest absolute Gasteiger partial charge is 0.260 e. The molecule has 0 radical (unpaired) electrons. The van der Waals surface area contributed by atoms with Crippen molar-refractivity contribution >= 4 is 17.5 Å². The van der Waals surface area contributed by atoms with Gasteiger partial charge in [0.2, 0.25) is 0 Å². The molecule has 0 saturated heterocycles. The van der Waals surface area contributed by atoms with E-state index in [1.165, 1.54) is 4.90 Å². The van der Waals surface area contributed by atoms with Crippen LogP contribution in [0.1, 0.15) is 42.5 Å². The second-order valence-corrected chi connectivity index (χ2v) is 5.60. The number of nitrogens with zero attached hydrogens (tertiary/aromatic N) is 1. The lowest BCUT2D eigenvalue weighted by atomic mass is 9.93. The van der Waals surface area contributed by atoms with Gasteiger partial charge in [-0.1, -0.05) is 19.3 Å². The van der Waals surface area contributed by atoms with Crippen molar-refractivity contribution in [1.29, 1.82) is 0 Å². The fourth-order valence-electron chi connectivity index (χ4n) is 2.82. The van der Waals surface area contributed by atoms with Gasteiger partial charge in [-0.05, 0) is 12.8 Å². The third kappa shape index (κ3) is 3.70. The molecule has 6 heteroatoms. The Hall–Kier alpha value is -1.23. The van der Waals surface area contributed by atoms with Gasteiger partial charge >= 0.3 is 0 Å². The molecule has 0 unspecified atom stereocenters. The minimum Gasteiger partial charge on any atom is -0.334 e. The number of carbonyl (C=O) groups excluding carboxylic acids is 1. The third-order valence-corrected chi connectivity index (χ3v) is 3.99. The summed E-state index contributed by atoms with van der Waals surface area (Å²) >= 11 is 5.71. The summed E-state index contributed by atoms with van der Waals surface area (Å²) in [7, 11) is 0. The van der Waals surface area contributed by atoms with Crippen LogP contribution >= 0.6 is 11.6 Å². The van der Waals surface area contributed by atoms with Gasteiger partial charge in [0.15, 0.2) is 0 Å². The second kappa shape index (κ2) is 7.16. The number of benzene rings is 1. The Bertz CT molecular complexity index is 495. The molecule has 1 fully saturated rings. The van der Waals surface area contributed by atoms with Crippen LogP contribution in [0.15, 0.2) is 12.1 Å². The van der Waals surface area contributed by atoms with E-state index < -0.39 is 28.9 Å². The molecule has 0 N–H and O–H groups in total. The van der Waals surface area contributed by atoms with E-state index in [-0.39, 0.29) is 18.5 Å². The first-order valence-corrected chi connectivity index (χ1v) is 7.59. The summed E-state index contributed by atoms with van der Waals surface area (Å²) in [5.74, 6) is -3.95. The summed E-state index contributed by atoms with van der Waals surface area (Å²) in [4.78, 5) is 13.9. The predicted octanol–water partition coefficient (Wildman–Crippen LogP) is 4.12. The van der Waals surface area contributed by atoms with Crippen LogP contribution in [0, 0.1) is 17.5 Å². The maximum absolute atomic E-state index is 13.8. The average Bonchev–Trinajstić information content (AvgIpc) is 2.44. The lowest BCUT2D eigenvalue weighted by Gasteiger charge is -2.34. The van der Waals surface area contributed by atoms with Gasteiger partial charge in [0.25, 0.3) is 5.91 Å². The predicted molar refractivity (Wildman–Crippen MR) is 74.9 cm³/mol. The van der Waals surface area contributed by atoms with Gasteiger partial charge in [0.1, 0.15) is 23.0 Å². The van der Waals surface area contributed by atoms with Crippen LogP contribution in [0.2, 0.25) is 0 Å². The molecule has 1 aliphatic rings. The van der Waals surface area contributed by atoms with Gasteiger partial charge in [-0.2, -0.15) is 0 Å². The maximum atomic E-state index is 13.8. The molecule has 1 amide bonds. The number of carbonyl (C=O) groups is 1. The fourth-order valence-corrected chi connectivity index (χ4v) is 3.01. The first kappa shape index (κ1) is 16.1. The molecule has 2 nitrogen and oxygen atoms in total. The van der Waals surface area contributed by atoms with Gasteiger partial charge in [0.05, 0.1) is 0 Å². The van der Waals surface area contributed by atoms with Crippen molar-refractivity contribution < 1.29 is 18.0 Å². The van der Waals surface area contributed by atoms with E-state index in [0.29, 0.717) is 12.1 Å². The average molecular weight is 320 g/mol. The van der Waals surface area contributed by atoms with E-state index in [9.17, 15) is 18.0 Å². The number of alkyl halides is 1. The van der Waals surface area contributed by atoms with Gasteiger partial charge in [0, 0.05) is 30.6 Å². The minimum absolute atomic E-state index is 0.0612. The van der Waals surface area contributed by atoms with E-state index >= 15 is 0 Å². The molecule has 1 aromatic carbocycles. The fraction of sp³-hybridized carbons (Fsp3) is 0.533. The van der Waals surface area contributed by atoms with Gasteiger partial charge in [-0.3, -0.25) is 4.79 Å². The first-order valence-electron chi connectivity index (χ1n) is 7.06. The molecular formula is C15H17ClF3NO. The highest BCUT2D eigenvalue weighted by Crippen LogP contribution is 2.25. The van der Waals surface area contributed by atoms with Crippen molar-refractivity contribution in [1.82, 2.24) is 4.90 Å². The maximum Gasteiger partial charge on any atom is 0.260 e. The van der Waals surface area contributed by atoms with Crippen LogP contribution in [-0.4, -0.2) is 29.3 Å². The van der Waals surface area contributed by atoms with Crippen LogP contribution in [0.3, 0.4) is 0 Å². The summed E-state index contributed by atoms with van der Waals surface area (Å²) in [6.45, 7) is 0.224. The quantitative estimate of drug-likeness (QED) is 0.765. The zero-order chi connectivity index (χ0) is 15.4. The SMILES string of the molecule is O=C(c1c(F)cc(F)cc1F)N(CCCl)C1CCCCC1. The third-order valence-electron chi connectivity index (χ3n) is 3.82. The normalized spacial score (nSPS) is 16.0. The van der Waals surface area contributed by atoms with Gasteiger partial charge in [-0.25, -0.2) is 13.2 Å². The molecule has 116 valence electrons. The molecule has 0 aromatic heterocycles. The lowest BCUT2D eigenvalue weighted by Crippen LogP contribution is -2.43. The van der Waals surface area contributed by atoms with Crippen molar-refractivity contribution in [3.05, 3.63) is 35.1 Å². The standard InChI is InChI=1S/C15H17ClF3NO/c16-6-7-20(11-4-2-1-3-5-11)15(21)14-12(18)8-10(17)9-13(14)19/h8-9,11H,1-7H2. The number of hydrogen-bond acceptors (Lipinski definition) is 1. The van der Waals surface area contributed by atoms with Crippen LogP contribution in [0.25, 0.3) is 0 Å². The zero-order valence-electron chi connectivity index (χ0n) is 11.5. The van der Waals surface area contributed by atoms with Crippen LogP contribution in [0.5, 0.6) is 0 Å². The number of amides is 1. The summed E-state index contributed by atoms with van der Waals surface area (Å²) < 4.78 is 40.5. The number of halogens is 4. The molecule has 21 heavy (non-hydrogen) atoms. The van der Waals surface area contributed by atoms with Gasteiger partial charge < -0.3 is 4.90 Å². The van der Waals surface area contributed by atoms with E-state index in [4.69, 9.17) is 11.6 Å².